The highest BCUT2D eigenvalue weighted by Gasteiger charge is 2.26. The molecule has 1 aromatic rings. The van der Waals surface area contributed by atoms with Gasteiger partial charge in [0.05, 0.1) is 6.61 Å². The molecule has 1 aliphatic heterocycles. The van der Waals surface area contributed by atoms with Crippen molar-refractivity contribution >= 4 is 6.09 Å². The molecule has 1 amide bonds. The lowest BCUT2D eigenvalue weighted by molar-refractivity contribution is 0.0138. The Hall–Kier alpha value is -1.86. The summed E-state index contributed by atoms with van der Waals surface area (Å²) in [7, 11) is 0. The molecule has 7 heteroatoms. The van der Waals surface area contributed by atoms with Crippen molar-refractivity contribution in [2.45, 2.75) is 52.4 Å². The van der Waals surface area contributed by atoms with Gasteiger partial charge in [0.15, 0.2) is 11.6 Å². The Kier molecular flexibility index (Phi) is 6.70. The first-order valence-corrected chi connectivity index (χ1v) is 9.28. The molecule has 1 N–H and O–H groups in total. The van der Waals surface area contributed by atoms with Crippen molar-refractivity contribution in [1.29, 1.82) is 0 Å². The van der Waals surface area contributed by atoms with Crippen LogP contribution in [0.3, 0.4) is 0 Å². The number of hydrogen-bond donors (Lipinski definition) is 1. The van der Waals surface area contributed by atoms with Crippen LogP contribution >= 0.6 is 0 Å². The number of amides is 1. The first kappa shape index (κ1) is 21.4. The van der Waals surface area contributed by atoms with E-state index in [0.29, 0.717) is 32.7 Å². The maximum atomic E-state index is 14.3. The lowest BCUT2D eigenvalue weighted by Crippen LogP contribution is -2.49. The fourth-order valence-corrected chi connectivity index (χ4v) is 2.73. The number of benzene rings is 1. The van der Waals surface area contributed by atoms with Gasteiger partial charge in [0, 0.05) is 32.7 Å². The number of hydrogen-bond acceptors (Lipinski definition) is 5. The molecular weight excluding hydrogens is 351 g/mol. The van der Waals surface area contributed by atoms with Crippen LogP contribution in [0.2, 0.25) is 0 Å². The summed E-state index contributed by atoms with van der Waals surface area (Å²) in [5.41, 5.74) is -0.493. The lowest BCUT2D eigenvalue weighted by atomic mass is 10.1. The number of carbonyl (C=O) groups is 1. The number of piperazine rings is 1. The Morgan fingerprint density at radius 3 is 2.30 bits per heavy atom. The summed E-state index contributed by atoms with van der Waals surface area (Å²) in [6.07, 6.45) is -0.291. The predicted molar refractivity (Wildman–Crippen MR) is 101 cm³/mol. The van der Waals surface area contributed by atoms with E-state index in [2.05, 4.69) is 4.90 Å². The van der Waals surface area contributed by atoms with Crippen molar-refractivity contribution < 1.29 is 23.8 Å². The fourth-order valence-electron chi connectivity index (χ4n) is 2.73. The Morgan fingerprint density at radius 1 is 1.15 bits per heavy atom. The van der Waals surface area contributed by atoms with E-state index < -0.39 is 17.0 Å². The topological polar surface area (TPSA) is 62.2 Å². The summed E-state index contributed by atoms with van der Waals surface area (Å²) in [5, 5.41) is 9.25. The van der Waals surface area contributed by atoms with Gasteiger partial charge in [-0.2, -0.15) is 0 Å². The minimum Gasteiger partial charge on any atom is -0.482 e. The zero-order valence-electron chi connectivity index (χ0n) is 16.9. The molecule has 0 atom stereocenters. The number of nitrogens with zero attached hydrogens (tertiary/aromatic N) is 2. The van der Waals surface area contributed by atoms with Crippen LogP contribution in [0.1, 0.15) is 40.2 Å². The third-order valence-corrected chi connectivity index (χ3v) is 4.19. The molecule has 1 heterocycles. The molecular formula is C20H31FN2O4. The molecule has 0 bridgehead atoms. The fraction of sp³-hybridized carbons (Fsp3) is 0.650. The highest BCUT2D eigenvalue weighted by molar-refractivity contribution is 5.68. The second kappa shape index (κ2) is 8.44. The predicted octanol–water partition coefficient (Wildman–Crippen LogP) is 3.03. The molecule has 0 saturated carbocycles. The van der Waals surface area contributed by atoms with Crippen LogP contribution in [0, 0.1) is 5.82 Å². The molecule has 1 aromatic carbocycles. The van der Waals surface area contributed by atoms with E-state index in [-0.39, 0.29) is 18.4 Å². The van der Waals surface area contributed by atoms with Gasteiger partial charge in [0.25, 0.3) is 0 Å². The molecule has 1 saturated heterocycles. The van der Waals surface area contributed by atoms with Gasteiger partial charge < -0.3 is 19.5 Å². The second-order valence-corrected chi connectivity index (χ2v) is 8.53. The third-order valence-electron chi connectivity index (χ3n) is 4.19. The van der Waals surface area contributed by atoms with Crippen LogP contribution in [-0.4, -0.2) is 65.0 Å². The minimum atomic E-state index is -0.833. The van der Waals surface area contributed by atoms with Crippen molar-refractivity contribution in [2.24, 2.45) is 0 Å². The summed E-state index contributed by atoms with van der Waals surface area (Å²) in [6, 6.07) is 4.88. The first-order valence-electron chi connectivity index (χ1n) is 9.28. The van der Waals surface area contributed by atoms with Crippen LogP contribution in [-0.2, 0) is 11.3 Å². The van der Waals surface area contributed by atoms with Crippen molar-refractivity contribution in [3.63, 3.8) is 0 Å². The van der Waals surface area contributed by atoms with Crippen LogP contribution in [0.15, 0.2) is 18.2 Å². The zero-order chi connectivity index (χ0) is 20.2. The van der Waals surface area contributed by atoms with Crippen LogP contribution < -0.4 is 4.74 Å². The zero-order valence-corrected chi connectivity index (χ0v) is 16.9. The SMILES string of the molecule is CC(C)(C)OC(=O)N1CCN(Cc2ccc(OC(C)(C)CO)c(F)c2)CC1. The van der Waals surface area contributed by atoms with Gasteiger partial charge in [-0.15, -0.1) is 0 Å². The molecule has 0 spiro atoms. The van der Waals surface area contributed by atoms with Gasteiger partial charge in [-0.05, 0) is 52.3 Å². The normalized spacial score (nSPS) is 16.3. The highest BCUT2D eigenvalue weighted by atomic mass is 19.1. The number of aliphatic hydroxyl groups excluding tert-OH is 1. The summed E-state index contributed by atoms with van der Waals surface area (Å²) < 4.78 is 25.2. The van der Waals surface area contributed by atoms with Crippen molar-refractivity contribution in [3.8, 4) is 5.75 Å². The summed E-state index contributed by atoms with van der Waals surface area (Å²) in [6.45, 7) is 11.9. The van der Waals surface area contributed by atoms with Gasteiger partial charge in [-0.3, -0.25) is 4.90 Å². The van der Waals surface area contributed by atoms with E-state index in [1.165, 1.54) is 6.07 Å². The van der Waals surface area contributed by atoms with Crippen molar-refractivity contribution in [1.82, 2.24) is 9.80 Å². The molecule has 0 radical (unpaired) electrons. The average Bonchev–Trinajstić information content (AvgIpc) is 2.56. The second-order valence-electron chi connectivity index (χ2n) is 8.53. The average molecular weight is 382 g/mol. The molecule has 0 unspecified atom stereocenters. The van der Waals surface area contributed by atoms with E-state index in [9.17, 15) is 14.3 Å². The third kappa shape index (κ3) is 6.66. The molecule has 0 aliphatic carbocycles. The molecule has 1 fully saturated rings. The maximum absolute atomic E-state index is 14.3. The first-order chi connectivity index (χ1) is 12.5. The number of aliphatic hydroxyl groups is 1. The molecule has 27 heavy (non-hydrogen) atoms. The smallest absolute Gasteiger partial charge is 0.410 e. The van der Waals surface area contributed by atoms with Crippen LogP contribution in [0.4, 0.5) is 9.18 Å². The van der Waals surface area contributed by atoms with E-state index in [1.54, 1.807) is 24.8 Å². The molecule has 1 aliphatic rings. The lowest BCUT2D eigenvalue weighted by Gasteiger charge is -2.35. The van der Waals surface area contributed by atoms with Gasteiger partial charge in [-0.25, -0.2) is 9.18 Å². The molecule has 0 aromatic heterocycles. The quantitative estimate of drug-likeness (QED) is 0.848. The van der Waals surface area contributed by atoms with Gasteiger partial charge in [-0.1, -0.05) is 6.07 Å². The largest absolute Gasteiger partial charge is 0.482 e. The molecule has 152 valence electrons. The van der Waals surface area contributed by atoms with E-state index in [0.717, 1.165) is 5.56 Å². The van der Waals surface area contributed by atoms with Crippen molar-refractivity contribution in [2.75, 3.05) is 32.8 Å². The monoisotopic (exact) mass is 382 g/mol. The summed E-state index contributed by atoms with van der Waals surface area (Å²) in [5.74, 6) is -0.311. The Bertz CT molecular complexity index is 650. The van der Waals surface area contributed by atoms with Crippen LogP contribution in [0.25, 0.3) is 0 Å². The van der Waals surface area contributed by atoms with E-state index >= 15 is 0 Å². The Morgan fingerprint density at radius 2 is 1.78 bits per heavy atom. The van der Waals surface area contributed by atoms with Crippen LogP contribution in [0.5, 0.6) is 5.75 Å². The van der Waals surface area contributed by atoms with Gasteiger partial charge in [0.2, 0.25) is 0 Å². The van der Waals surface area contributed by atoms with Crippen molar-refractivity contribution in [3.05, 3.63) is 29.6 Å². The minimum absolute atomic E-state index is 0.132. The summed E-state index contributed by atoms with van der Waals surface area (Å²) >= 11 is 0. The van der Waals surface area contributed by atoms with E-state index in [4.69, 9.17) is 9.47 Å². The Labute approximate surface area is 160 Å². The number of carbonyl (C=O) groups excluding carboxylic acids is 1. The van der Waals surface area contributed by atoms with Gasteiger partial charge in [0.1, 0.15) is 11.2 Å². The Balaban J connectivity index is 1.88. The highest BCUT2D eigenvalue weighted by Crippen LogP contribution is 2.24. The summed E-state index contributed by atoms with van der Waals surface area (Å²) in [4.78, 5) is 16.0. The number of halogens is 1. The standard InChI is InChI=1S/C20H31FN2O4/c1-19(2,3)27-18(25)23-10-8-22(9-11-23)13-15-6-7-17(16(21)12-15)26-20(4,5)14-24/h6-7,12,24H,8-11,13-14H2,1-5H3. The van der Waals surface area contributed by atoms with Gasteiger partial charge >= 0.3 is 6.09 Å². The van der Waals surface area contributed by atoms with E-state index in [1.807, 2.05) is 26.8 Å². The number of ether oxygens (including phenoxy) is 2. The number of rotatable bonds is 5. The maximum Gasteiger partial charge on any atom is 0.410 e. The molecule has 6 nitrogen and oxygen atoms in total. The molecule has 2 rings (SSSR count).